The van der Waals surface area contributed by atoms with E-state index in [0.717, 1.165) is 10.5 Å². The molecule has 0 amide bonds. The molecule has 0 spiro atoms. The highest BCUT2D eigenvalue weighted by Gasteiger charge is 2.38. The minimum atomic E-state index is -4.05. The van der Waals surface area contributed by atoms with Crippen LogP contribution in [-0.4, -0.2) is 42.3 Å². The normalized spacial score (nSPS) is 24.6. The van der Waals surface area contributed by atoms with E-state index in [9.17, 15) is 17.9 Å². The number of hydrogen-bond donors (Lipinski definition) is 2. The summed E-state index contributed by atoms with van der Waals surface area (Å²) in [7, 11) is -2.71. The Bertz CT molecular complexity index is 630. The molecule has 0 saturated heterocycles. The molecule has 110 valence electrons. The first-order chi connectivity index (χ1) is 9.25. The number of halogens is 1. The van der Waals surface area contributed by atoms with Gasteiger partial charge in [0.1, 0.15) is 12.0 Å². The summed E-state index contributed by atoms with van der Waals surface area (Å²) in [6.07, 6.45) is -2.02. The highest BCUT2D eigenvalue weighted by molar-refractivity contribution is 7.89. The molecular formula is C12H16FN3O3S. The van der Waals surface area contributed by atoms with Gasteiger partial charge in [-0.1, -0.05) is 17.7 Å². The highest BCUT2D eigenvalue weighted by Crippen LogP contribution is 2.26. The van der Waals surface area contributed by atoms with Gasteiger partial charge >= 0.3 is 0 Å². The summed E-state index contributed by atoms with van der Waals surface area (Å²) in [5.74, 6) is -0.839. The van der Waals surface area contributed by atoms with E-state index < -0.39 is 28.4 Å². The third-order valence-corrected chi connectivity index (χ3v) is 4.88. The highest BCUT2D eigenvalue weighted by atomic mass is 32.2. The Morgan fingerprint density at radius 3 is 2.40 bits per heavy atom. The molecule has 2 unspecified atom stereocenters. The molecule has 2 atom stereocenters. The van der Waals surface area contributed by atoms with Gasteiger partial charge in [-0.2, -0.15) is 0 Å². The van der Waals surface area contributed by atoms with Crippen LogP contribution < -0.4 is 5.73 Å². The van der Waals surface area contributed by atoms with Crippen molar-refractivity contribution < 1.29 is 17.9 Å². The fourth-order valence-electron chi connectivity index (χ4n) is 1.81. The first kappa shape index (κ1) is 14.9. The number of nitrogens with zero attached hydrogens (tertiary/aromatic N) is 2. The smallest absolute Gasteiger partial charge is 0.267 e. The number of rotatable bonds is 2. The van der Waals surface area contributed by atoms with Gasteiger partial charge in [0.05, 0.1) is 11.1 Å². The molecular weight excluding hydrogens is 285 g/mol. The third-order valence-electron chi connectivity index (χ3n) is 3.16. The van der Waals surface area contributed by atoms with Crippen molar-refractivity contribution in [2.24, 2.45) is 5.73 Å². The van der Waals surface area contributed by atoms with Crippen molar-refractivity contribution in [2.45, 2.75) is 24.3 Å². The molecule has 20 heavy (non-hydrogen) atoms. The summed E-state index contributed by atoms with van der Waals surface area (Å²) in [6.45, 7) is 1.82. The van der Waals surface area contributed by atoms with Crippen LogP contribution >= 0.6 is 0 Å². The molecule has 0 bridgehead atoms. The van der Waals surface area contributed by atoms with Gasteiger partial charge in [0.15, 0.2) is 0 Å². The van der Waals surface area contributed by atoms with Crippen LogP contribution in [0.2, 0.25) is 0 Å². The second-order valence-corrected chi connectivity index (χ2v) is 6.46. The van der Waals surface area contributed by atoms with Crippen LogP contribution in [0.4, 0.5) is 4.39 Å². The second kappa shape index (κ2) is 5.13. The van der Waals surface area contributed by atoms with Crippen LogP contribution in [0.25, 0.3) is 0 Å². The lowest BCUT2D eigenvalue weighted by atomic mass is 10.2. The zero-order valence-corrected chi connectivity index (χ0v) is 11.9. The number of aryl methyl sites for hydroxylation is 1. The van der Waals surface area contributed by atoms with Crippen LogP contribution in [-0.2, 0) is 10.0 Å². The summed E-state index contributed by atoms with van der Waals surface area (Å²) < 4.78 is 39.0. The third kappa shape index (κ3) is 2.42. The van der Waals surface area contributed by atoms with Crippen molar-refractivity contribution in [3.05, 3.63) is 41.9 Å². The number of sulfonamides is 1. The maximum Gasteiger partial charge on any atom is 0.267 e. The predicted molar refractivity (Wildman–Crippen MR) is 71.1 cm³/mol. The first-order valence-electron chi connectivity index (χ1n) is 5.88. The number of hydrogen-bond acceptors (Lipinski definition) is 5. The average molecular weight is 301 g/mol. The Morgan fingerprint density at radius 2 is 1.85 bits per heavy atom. The van der Waals surface area contributed by atoms with Crippen LogP contribution in [0, 0.1) is 6.92 Å². The van der Waals surface area contributed by atoms with E-state index in [-0.39, 0.29) is 4.90 Å². The lowest BCUT2D eigenvalue weighted by Crippen LogP contribution is -2.57. The Hall–Kier alpha value is -1.48. The summed E-state index contributed by atoms with van der Waals surface area (Å²) >= 11 is 0. The molecule has 3 N–H and O–H groups in total. The second-order valence-electron chi connectivity index (χ2n) is 4.62. The number of nitrogens with two attached hydrogens (primary N) is 1. The molecule has 0 radical (unpaired) electrons. The Morgan fingerprint density at radius 1 is 1.30 bits per heavy atom. The van der Waals surface area contributed by atoms with Crippen molar-refractivity contribution in [3.63, 3.8) is 0 Å². The van der Waals surface area contributed by atoms with Crippen molar-refractivity contribution in [3.8, 4) is 0 Å². The van der Waals surface area contributed by atoms with Gasteiger partial charge in [0.2, 0.25) is 6.35 Å². The van der Waals surface area contributed by atoms with E-state index in [1.54, 1.807) is 12.1 Å². The average Bonchev–Trinajstić information content (AvgIpc) is 2.41. The molecule has 1 aliphatic heterocycles. The largest absolute Gasteiger partial charge is 0.360 e. The van der Waals surface area contributed by atoms with Gasteiger partial charge in [-0.15, -0.1) is 0 Å². The standard InChI is InChI=1S/C12H16FN3O3S/c1-8-3-5-9(6-4-8)20(18,19)16-7-10(13)11(14)15(2)12(16)17/h3-7,11-12,17H,14H2,1-2H3. The Labute approximate surface area is 117 Å². The summed E-state index contributed by atoms with van der Waals surface area (Å²) in [5.41, 5.74) is 6.37. The fourth-order valence-corrected chi connectivity index (χ4v) is 3.17. The number of aliphatic hydroxyl groups is 1. The predicted octanol–water partition coefficient (Wildman–Crippen LogP) is 0.303. The van der Waals surface area contributed by atoms with Gasteiger partial charge in [0, 0.05) is 0 Å². The molecule has 6 nitrogen and oxygen atoms in total. The Kier molecular flexibility index (Phi) is 3.83. The maximum atomic E-state index is 13.6. The fraction of sp³-hybridized carbons (Fsp3) is 0.333. The number of aliphatic hydroxyl groups excluding tert-OH is 1. The quantitative estimate of drug-likeness (QED) is 0.820. The monoisotopic (exact) mass is 301 g/mol. The summed E-state index contributed by atoms with van der Waals surface area (Å²) in [4.78, 5) is 0.983. The van der Waals surface area contributed by atoms with E-state index >= 15 is 0 Å². The summed E-state index contributed by atoms with van der Waals surface area (Å²) in [5, 5.41) is 9.96. The number of benzene rings is 1. The van der Waals surface area contributed by atoms with Gasteiger partial charge in [-0.25, -0.2) is 22.0 Å². The molecule has 2 rings (SSSR count). The van der Waals surface area contributed by atoms with Crippen LogP contribution in [0.15, 0.2) is 41.2 Å². The van der Waals surface area contributed by atoms with E-state index in [2.05, 4.69) is 0 Å². The van der Waals surface area contributed by atoms with Crippen LogP contribution in [0.1, 0.15) is 5.56 Å². The van der Waals surface area contributed by atoms with Crippen molar-refractivity contribution in [2.75, 3.05) is 7.05 Å². The van der Waals surface area contributed by atoms with Gasteiger partial charge < -0.3 is 10.8 Å². The van der Waals surface area contributed by atoms with E-state index in [1.165, 1.54) is 19.2 Å². The zero-order valence-electron chi connectivity index (χ0n) is 11.1. The SMILES string of the molecule is Cc1ccc(S(=O)(=O)N2C=C(F)C(N)N(C)C2O)cc1. The van der Waals surface area contributed by atoms with Crippen molar-refractivity contribution in [1.29, 1.82) is 0 Å². The van der Waals surface area contributed by atoms with Gasteiger partial charge in [-0.3, -0.25) is 0 Å². The molecule has 0 saturated carbocycles. The molecule has 8 heteroatoms. The van der Waals surface area contributed by atoms with Gasteiger partial charge in [0.25, 0.3) is 10.0 Å². The maximum absolute atomic E-state index is 13.6. The summed E-state index contributed by atoms with van der Waals surface area (Å²) in [6, 6.07) is 6.05. The molecule has 1 aliphatic rings. The zero-order chi connectivity index (χ0) is 15.1. The van der Waals surface area contributed by atoms with Crippen molar-refractivity contribution >= 4 is 10.0 Å². The van der Waals surface area contributed by atoms with E-state index in [4.69, 9.17) is 5.73 Å². The molecule has 0 fully saturated rings. The topological polar surface area (TPSA) is 86.9 Å². The van der Waals surface area contributed by atoms with Crippen molar-refractivity contribution in [1.82, 2.24) is 9.21 Å². The molecule has 1 aromatic rings. The van der Waals surface area contributed by atoms with Crippen LogP contribution in [0.5, 0.6) is 0 Å². The van der Waals surface area contributed by atoms with Crippen LogP contribution in [0.3, 0.4) is 0 Å². The molecule has 1 aromatic carbocycles. The van der Waals surface area contributed by atoms with E-state index in [0.29, 0.717) is 10.5 Å². The minimum absolute atomic E-state index is 0.0323. The van der Waals surface area contributed by atoms with E-state index in [1.807, 2.05) is 6.92 Å². The lowest BCUT2D eigenvalue weighted by molar-refractivity contribution is -0.0723. The van der Waals surface area contributed by atoms with Gasteiger partial charge in [-0.05, 0) is 26.1 Å². The lowest BCUT2D eigenvalue weighted by Gasteiger charge is -2.38. The Balaban J connectivity index is 2.46. The minimum Gasteiger partial charge on any atom is -0.360 e. The molecule has 0 aromatic heterocycles. The number of likely N-dealkylation sites (N-methyl/N-ethyl adjacent to an activating group) is 1. The molecule has 1 heterocycles. The first-order valence-corrected chi connectivity index (χ1v) is 7.32. The molecule has 0 aliphatic carbocycles.